The van der Waals surface area contributed by atoms with E-state index in [-0.39, 0.29) is 0 Å². The molecule has 1 unspecified atom stereocenters. The molecule has 0 saturated carbocycles. The summed E-state index contributed by atoms with van der Waals surface area (Å²) in [6.45, 7) is 7.63. The highest BCUT2D eigenvalue weighted by Gasteiger charge is 2.26. The predicted octanol–water partition coefficient (Wildman–Crippen LogP) is 3.54. The fourth-order valence-corrected chi connectivity index (χ4v) is 3.00. The molecule has 0 aromatic heterocycles. The molecule has 1 N–H and O–H groups in total. The van der Waals surface area contributed by atoms with Crippen LogP contribution >= 0.6 is 27.5 Å². The number of halogens is 2. The van der Waals surface area contributed by atoms with Crippen molar-refractivity contribution in [2.45, 2.75) is 19.9 Å². The van der Waals surface area contributed by atoms with Gasteiger partial charge >= 0.3 is 0 Å². The Morgan fingerprint density at radius 2 is 2.24 bits per heavy atom. The van der Waals surface area contributed by atoms with Crippen molar-refractivity contribution in [2.75, 3.05) is 24.5 Å². The molecule has 1 aromatic carbocycles. The monoisotopic (exact) mass is 316 g/mol. The summed E-state index contributed by atoms with van der Waals surface area (Å²) in [5.74, 6) is 0.619. The maximum Gasteiger partial charge on any atom is 0.0595 e. The third-order valence-corrected chi connectivity index (χ3v) is 4.67. The topological polar surface area (TPSA) is 15.3 Å². The summed E-state index contributed by atoms with van der Waals surface area (Å²) < 4.78 is 1.01. The summed E-state index contributed by atoms with van der Waals surface area (Å²) in [6.07, 6.45) is 0. The molecule has 17 heavy (non-hydrogen) atoms. The van der Waals surface area contributed by atoms with E-state index in [0.29, 0.717) is 12.0 Å². The highest BCUT2D eigenvalue weighted by molar-refractivity contribution is 9.10. The van der Waals surface area contributed by atoms with Crippen LogP contribution in [-0.2, 0) is 0 Å². The van der Waals surface area contributed by atoms with Crippen LogP contribution in [0.2, 0.25) is 5.02 Å². The molecule has 4 heteroatoms. The molecular formula is C13H18BrClN2. The van der Waals surface area contributed by atoms with E-state index >= 15 is 0 Å². The molecule has 2 nitrogen and oxygen atoms in total. The summed E-state index contributed by atoms with van der Waals surface area (Å²) in [5.41, 5.74) is 1.21. The van der Waals surface area contributed by atoms with Gasteiger partial charge in [0.05, 0.1) is 15.2 Å². The van der Waals surface area contributed by atoms with Crippen molar-refractivity contribution >= 4 is 33.2 Å². The highest BCUT2D eigenvalue weighted by Crippen LogP contribution is 2.35. The molecule has 0 amide bonds. The normalized spacial score (nSPS) is 21.0. The van der Waals surface area contributed by atoms with E-state index in [2.05, 4.69) is 46.1 Å². The molecule has 1 fully saturated rings. The van der Waals surface area contributed by atoms with Crippen LogP contribution in [0.5, 0.6) is 0 Å². The lowest BCUT2D eigenvalue weighted by molar-refractivity contribution is 0.390. The number of benzene rings is 1. The molecule has 94 valence electrons. The van der Waals surface area contributed by atoms with Gasteiger partial charge in [-0.3, -0.25) is 0 Å². The molecule has 1 aromatic rings. The van der Waals surface area contributed by atoms with Gasteiger partial charge in [-0.05, 0) is 34.0 Å². The zero-order valence-corrected chi connectivity index (χ0v) is 12.6. The predicted molar refractivity (Wildman–Crippen MR) is 78.0 cm³/mol. The van der Waals surface area contributed by atoms with Gasteiger partial charge in [0.25, 0.3) is 0 Å². The molecule has 0 radical (unpaired) electrons. The Hall–Kier alpha value is -0.250. The van der Waals surface area contributed by atoms with Crippen molar-refractivity contribution in [3.8, 4) is 0 Å². The fraction of sp³-hybridized carbons (Fsp3) is 0.538. The first-order valence-corrected chi connectivity index (χ1v) is 7.19. The number of nitrogens with one attached hydrogen (secondary N) is 1. The maximum absolute atomic E-state index is 6.17. The Bertz CT molecular complexity index is 395. The molecule has 0 bridgehead atoms. The third kappa shape index (κ3) is 2.78. The van der Waals surface area contributed by atoms with Crippen LogP contribution in [0.15, 0.2) is 22.7 Å². The lowest BCUT2D eigenvalue weighted by Gasteiger charge is -2.40. The van der Waals surface area contributed by atoms with Gasteiger partial charge in [-0.15, -0.1) is 0 Å². The average molecular weight is 318 g/mol. The summed E-state index contributed by atoms with van der Waals surface area (Å²) in [6, 6.07) is 6.60. The number of piperazine rings is 1. The first-order chi connectivity index (χ1) is 8.11. The number of anilines is 1. The van der Waals surface area contributed by atoms with Gasteiger partial charge in [0.15, 0.2) is 0 Å². The van der Waals surface area contributed by atoms with Crippen LogP contribution in [0.25, 0.3) is 0 Å². The number of rotatable bonds is 2. The average Bonchev–Trinajstić information content (AvgIpc) is 2.33. The van der Waals surface area contributed by atoms with E-state index < -0.39 is 0 Å². The molecule has 1 aliphatic heterocycles. The van der Waals surface area contributed by atoms with E-state index in [4.69, 9.17) is 11.6 Å². The Balaban J connectivity index is 2.33. The standard InChI is InChI=1S/C13H18BrClN2/c1-9(2)12-8-16-6-7-17(12)11-5-3-4-10(15)13(11)14/h3-5,9,12,16H,6-8H2,1-2H3. The van der Waals surface area contributed by atoms with Crippen LogP contribution in [0, 0.1) is 5.92 Å². The molecule has 1 saturated heterocycles. The molecule has 1 heterocycles. The lowest BCUT2D eigenvalue weighted by atomic mass is 10.00. The van der Waals surface area contributed by atoms with Gasteiger partial charge in [-0.25, -0.2) is 0 Å². The van der Waals surface area contributed by atoms with Crippen LogP contribution < -0.4 is 10.2 Å². The number of hydrogen-bond donors (Lipinski definition) is 1. The first-order valence-electron chi connectivity index (χ1n) is 6.02. The van der Waals surface area contributed by atoms with Gasteiger partial charge in [0.2, 0.25) is 0 Å². The zero-order chi connectivity index (χ0) is 12.4. The molecule has 0 aliphatic carbocycles. The molecule has 0 spiro atoms. The van der Waals surface area contributed by atoms with Gasteiger partial charge in [0.1, 0.15) is 0 Å². The zero-order valence-electron chi connectivity index (χ0n) is 10.2. The molecule has 1 aliphatic rings. The Morgan fingerprint density at radius 3 is 2.94 bits per heavy atom. The summed E-state index contributed by atoms with van der Waals surface area (Å²) in [7, 11) is 0. The molecule has 1 atom stereocenters. The Morgan fingerprint density at radius 1 is 1.47 bits per heavy atom. The minimum atomic E-state index is 0.526. The quantitative estimate of drug-likeness (QED) is 0.897. The lowest BCUT2D eigenvalue weighted by Crippen LogP contribution is -2.53. The van der Waals surface area contributed by atoms with Crippen molar-refractivity contribution in [2.24, 2.45) is 5.92 Å². The van der Waals surface area contributed by atoms with Crippen LogP contribution in [-0.4, -0.2) is 25.7 Å². The fourth-order valence-electron chi connectivity index (χ4n) is 2.33. The van der Waals surface area contributed by atoms with Crippen LogP contribution in [0.3, 0.4) is 0 Å². The summed E-state index contributed by atoms with van der Waals surface area (Å²) in [5, 5.41) is 4.24. The Labute approximate surface area is 116 Å². The second-order valence-corrected chi connectivity index (χ2v) is 5.98. The molecular weight excluding hydrogens is 300 g/mol. The second kappa shape index (κ2) is 5.59. The van der Waals surface area contributed by atoms with Gasteiger partial charge in [-0.1, -0.05) is 31.5 Å². The van der Waals surface area contributed by atoms with Gasteiger partial charge in [-0.2, -0.15) is 0 Å². The van der Waals surface area contributed by atoms with Gasteiger partial charge < -0.3 is 10.2 Å². The van der Waals surface area contributed by atoms with Crippen molar-refractivity contribution in [1.82, 2.24) is 5.32 Å². The van der Waals surface area contributed by atoms with Crippen molar-refractivity contribution < 1.29 is 0 Å². The van der Waals surface area contributed by atoms with E-state index in [1.54, 1.807) is 0 Å². The van der Waals surface area contributed by atoms with E-state index in [9.17, 15) is 0 Å². The summed E-state index contributed by atoms with van der Waals surface area (Å²) in [4.78, 5) is 2.46. The van der Waals surface area contributed by atoms with E-state index in [1.165, 1.54) is 5.69 Å². The van der Waals surface area contributed by atoms with Crippen LogP contribution in [0.4, 0.5) is 5.69 Å². The minimum absolute atomic E-state index is 0.526. The minimum Gasteiger partial charge on any atom is -0.365 e. The third-order valence-electron chi connectivity index (χ3n) is 3.29. The second-order valence-electron chi connectivity index (χ2n) is 4.78. The van der Waals surface area contributed by atoms with Gasteiger partial charge in [0, 0.05) is 25.7 Å². The number of nitrogens with zero attached hydrogens (tertiary/aromatic N) is 1. The smallest absolute Gasteiger partial charge is 0.0595 e. The molecule has 2 rings (SSSR count). The highest BCUT2D eigenvalue weighted by atomic mass is 79.9. The maximum atomic E-state index is 6.17. The van der Waals surface area contributed by atoms with Crippen molar-refractivity contribution in [3.05, 3.63) is 27.7 Å². The van der Waals surface area contributed by atoms with Crippen molar-refractivity contribution in [3.63, 3.8) is 0 Å². The van der Waals surface area contributed by atoms with E-state index in [0.717, 1.165) is 29.1 Å². The summed E-state index contributed by atoms with van der Waals surface area (Å²) >= 11 is 9.77. The first kappa shape index (κ1) is 13.2. The van der Waals surface area contributed by atoms with Crippen molar-refractivity contribution in [1.29, 1.82) is 0 Å². The SMILES string of the molecule is CC(C)C1CNCCN1c1cccc(Cl)c1Br. The Kier molecular flexibility index (Phi) is 4.34. The number of hydrogen-bond acceptors (Lipinski definition) is 2. The van der Waals surface area contributed by atoms with E-state index in [1.807, 2.05) is 12.1 Å². The largest absolute Gasteiger partial charge is 0.365 e. The van der Waals surface area contributed by atoms with Crippen LogP contribution in [0.1, 0.15) is 13.8 Å².